The zero-order valence-corrected chi connectivity index (χ0v) is 15.2. The maximum Gasteiger partial charge on any atom is 0.410 e. The minimum Gasteiger partial charge on any atom is -0.444 e. The van der Waals surface area contributed by atoms with E-state index in [9.17, 15) is 22.0 Å². The Morgan fingerprint density at radius 1 is 1.24 bits per heavy atom. The van der Waals surface area contributed by atoms with Gasteiger partial charge in [-0.15, -0.1) is 0 Å². The summed E-state index contributed by atoms with van der Waals surface area (Å²) in [7, 11) is -4.10. The van der Waals surface area contributed by atoms with E-state index in [-0.39, 0.29) is 0 Å². The molecule has 0 aromatic heterocycles. The second kappa shape index (κ2) is 7.25. The summed E-state index contributed by atoms with van der Waals surface area (Å²) in [6.45, 7) is 5.96. The zero-order valence-electron chi connectivity index (χ0n) is 14.4. The number of likely N-dealkylation sites (tertiary alicyclic amines) is 1. The quantitative estimate of drug-likeness (QED) is 0.880. The third-order valence-corrected chi connectivity index (χ3v) is 5.21. The van der Waals surface area contributed by atoms with Crippen molar-refractivity contribution in [1.29, 1.82) is 0 Å². The van der Waals surface area contributed by atoms with Crippen LogP contribution in [0.1, 0.15) is 33.6 Å². The van der Waals surface area contributed by atoms with E-state index in [1.807, 2.05) is 0 Å². The maximum atomic E-state index is 13.7. The summed E-state index contributed by atoms with van der Waals surface area (Å²) in [4.78, 5) is 12.9. The molecular weight excluding hydrogens is 354 g/mol. The number of rotatable bonds is 3. The molecule has 6 nitrogen and oxygen atoms in total. The van der Waals surface area contributed by atoms with Gasteiger partial charge in [-0.05, 0) is 45.7 Å². The second-order valence-electron chi connectivity index (χ2n) is 6.94. The van der Waals surface area contributed by atoms with Gasteiger partial charge in [0, 0.05) is 25.2 Å². The van der Waals surface area contributed by atoms with Crippen LogP contribution in [0.2, 0.25) is 0 Å². The molecule has 1 N–H and O–H groups in total. The van der Waals surface area contributed by atoms with Crippen LogP contribution in [0, 0.1) is 11.6 Å². The minimum atomic E-state index is -4.10. The molecule has 0 unspecified atom stereocenters. The van der Waals surface area contributed by atoms with Crippen molar-refractivity contribution >= 4 is 16.1 Å². The first kappa shape index (κ1) is 19.6. The highest BCUT2D eigenvalue weighted by molar-refractivity contribution is 7.89. The molecule has 9 heteroatoms. The summed E-state index contributed by atoms with van der Waals surface area (Å²) in [6, 6.07) is 1.87. The Morgan fingerprint density at radius 3 is 2.36 bits per heavy atom. The summed E-state index contributed by atoms with van der Waals surface area (Å²) in [5.41, 5.74) is -0.602. The Morgan fingerprint density at radius 2 is 1.84 bits per heavy atom. The standard InChI is InChI=1S/C16H22F2N2O4S/c1-16(2,3)24-15(21)20-8-6-12(7-9-20)19-25(22,23)14-5-4-11(17)10-13(14)18/h4-5,10,12,19H,6-9H2,1-3H3. The highest BCUT2D eigenvalue weighted by atomic mass is 32.2. The fourth-order valence-corrected chi connectivity index (χ4v) is 3.85. The number of ether oxygens (including phenoxy) is 1. The van der Waals surface area contributed by atoms with Crippen molar-refractivity contribution in [2.75, 3.05) is 13.1 Å². The first-order valence-electron chi connectivity index (χ1n) is 7.93. The van der Waals surface area contributed by atoms with Gasteiger partial charge >= 0.3 is 6.09 Å². The van der Waals surface area contributed by atoms with Gasteiger partial charge in [0.05, 0.1) is 0 Å². The van der Waals surface area contributed by atoms with Gasteiger partial charge in [0.15, 0.2) is 0 Å². The molecular formula is C16H22F2N2O4S. The molecule has 1 amide bonds. The number of halogens is 2. The van der Waals surface area contributed by atoms with Gasteiger partial charge in [-0.1, -0.05) is 0 Å². The molecule has 1 heterocycles. The molecule has 1 fully saturated rings. The highest BCUT2D eigenvalue weighted by Gasteiger charge is 2.30. The van der Waals surface area contributed by atoms with Crippen molar-refractivity contribution in [2.45, 2.75) is 50.2 Å². The predicted molar refractivity (Wildman–Crippen MR) is 87.5 cm³/mol. The van der Waals surface area contributed by atoms with Crippen LogP contribution >= 0.6 is 0 Å². The van der Waals surface area contributed by atoms with Crippen molar-refractivity contribution in [3.63, 3.8) is 0 Å². The normalized spacial score (nSPS) is 16.8. The fraction of sp³-hybridized carbons (Fsp3) is 0.562. The third-order valence-electron chi connectivity index (χ3n) is 3.65. The Balaban J connectivity index is 1.96. The van der Waals surface area contributed by atoms with E-state index in [0.717, 1.165) is 12.1 Å². The van der Waals surface area contributed by atoms with Crippen molar-refractivity contribution in [2.24, 2.45) is 0 Å². The van der Waals surface area contributed by atoms with Gasteiger partial charge in [0.2, 0.25) is 10.0 Å². The molecule has 140 valence electrons. The van der Waals surface area contributed by atoms with Gasteiger partial charge in [-0.3, -0.25) is 0 Å². The minimum absolute atomic E-state index is 0.327. The van der Waals surface area contributed by atoms with Crippen molar-refractivity contribution in [1.82, 2.24) is 9.62 Å². The number of carbonyl (C=O) groups is 1. The zero-order chi connectivity index (χ0) is 18.8. The lowest BCUT2D eigenvalue weighted by molar-refractivity contribution is 0.0203. The number of piperidine rings is 1. The van der Waals surface area contributed by atoms with Gasteiger partial charge in [-0.2, -0.15) is 0 Å². The molecule has 0 saturated carbocycles. The van der Waals surface area contributed by atoms with Crippen LogP contribution < -0.4 is 4.72 Å². The number of nitrogens with one attached hydrogen (secondary N) is 1. The Labute approximate surface area is 146 Å². The number of hydrogen-bond donors (Lipinski definition) is 1. The first-order valence-corrected chi connectivity index (χ1v) is 9.41. The van der Waals surface area contributed by atoms with Crippen molar-refractivity contribution in [3.05, 3.63) is 29.8 Å². The van der Waals surface area contributed by atoms with Gasteiger partial charge in [0.1, 0.15) is 22.1 Å². The number of nitrogens with zero attached hydrogens (tertiary/aromatic N) is 1. The monoisotopic (exact) mass is 376 g/mol. The largest absolute Gasteiger partial charge is 0.444 e. The van der Waals surface area contributed by atoms with E-state index in [4.69, 9.17) is 4.74 Å². The first-order chi connectivity index (χ1) is 11.5. The number of hydrogen-bond acceptors (Lipinski definition) is 4. The van der Waals surface area contributed by atoms with Crippen LogP contribution in [0.15, 0.2) is 23.1 Å². The molecule has 1 aromatic carbocycles. The van der Waals surface area contributed by atoms with E-state index >= 15 is 0 Å². The van der Waals surface area contributed by atoms with Crippen LogP contribution in [0.25, 0.3) is 0 Å². The van der Waals surface area contributed by atoms with Gasteiger partial charge < -0.3 is 9.64 Å². The summed E-state index contributed by atoms with van der Waals surface area (Å²) in [5.74, 6) is -1.99. The molecule has 0 radical (unpaired) electrons. The molecule has 1 aliphatic rings. The highest BCUT2D eigenvalue weighted by Crippen LogP contribution is 2.19. The third kappa shape index (κ3) is 5.37. The van der Waals surface area contributed by atoms with E-state index in [1.54, 1.807) is 20.8 Å². The summed E-state index contributed by atoms with van der Waals surface area (Å²) < 4.78 is 58.8. The maximum absolute atomic E-state index is 13.7. The molecule has 1 saturated heterocycles. The number of carbonyl (C=O) groups excluding carboxylic acids is 1. The Bertz CT molecular complexity index is 739. The molecule has 1 aromatic rings. The molecule has 0 aliphatic carbocycles. The van der Waals surface area contributed by atoms with Crippen molar-refractivity contribution in [3.8, 4) is 0 Å². The summed E-state index contributed by atoms with van der Waals surface area (Å²) >= 11 is 0. The van der Waals surface area contributed by atoms with Crippen LogP contribution in [0.5, 0.6) is 0 Å². The number of amides is 1. The average Bonchev–Trinajstić information content (AvgIpc) is 2.45. The lowest BCUT2D eigenvalue weighted by Crippen LogP contribution is -2.47. The Hall–Kier alpha value is -1.74. The number of benzene rings is 1. The Kier molecular flexibility index (Phi) is 5.68. The SMILES string of the molecule is CC(C)(C)OC(=O)N1CCC(NS(=O)(=O)c2ccc(F)cc2F)CC1. The second-order valence-corrected chi connectivity index (χ2v) is 8.62. The van der Waals surface area contributed by atoms with E-state index in [2.05, 4.69) is 4.72 Å². The van der Waals surface area contributed by atoms with E-state index in [1.165, 1.54) is 4.90 Å². The number of sulfonamides is 1. The smallest absolute Gasteiger partial charge is 0.410 e. The van der Waals surface area contributed by atoms with Crippen molar-refractivity contribution < 1.29 is 26.7 Å². The molecule has 0 bridgehead atoms. The summed E-state index contributed by atoms with van der Waals surface area (Å²) in [6.07, 6.45) is 0.307. The molecule has 25 heavy (non-hydrogen) atoms. The topological polar surface area (TPSA) is 75.7 Å². The van der Waals surface area contributed by atoms with Crippen LogP contribution in [0.3, 0.4) is 0 Å². The van der Waals surface area contributed by atoms with Crippen LogP contribution in [-0.2, 0) is 14.8 Å². The lowest BCUT2D eigenvalue weighted by Gasteiger charge is -2.33. The predicted octanol–water partition coefficient (Wildman–Crippen LogP) is 2.64. The van der Waals surface area contributed by atoms with E-state index in [0.29, 0.717) is 32.0 Å². The van der Waals surface area contributed by atoms with Crippen LogP contribution in [-0.4, -0.2) is 44.1 Å². The molecule has 0 atom stereocenters. The molecule has 1 aliphatic heterocycles. The molecule has 2 rings (SSSR count). The average molecular weight is 376 g/mol. The summed E-state index contributed by atoms with van der Waals surface area (Å²) in [5, 5.41) is 0. The van der Waals surface area contributed by atoms with Gasteiger partial charge in [-0.25, -0.2) is 26.7 Å². The molecule has 0 spiro atoms. The van der Waals surface area contributed by atoms with Gasteiger partial charge in [0.25, 0.3) is 0 Å². The van der Waals surface area contributed by atoms with Crippen LogP contribution in [0.4, 0.5) is 13.6 Å². The lowest BCUT2D eigenvalue weighted by atomic mass is 10.1. The fourth-order valence-electron chi connectivity index (χ4n) is 2.48. The van der Waals surface area contributed by atoms with E-state index < -0.39 is 44.3 Å².